The molecule has 1 aromatic carbocycles. The third-order valence-electron chi connectivity index (χ3n) is 4.39. The van der Waals surface area contributed by atoms with E-state index in [1.165, 1.54) is 0 Å². The third kappa shape index (κ3) is 8.75. The van der Waals surface area contributed by atoms with E-state index >= 15 is 0 Å². The van der Waals surface area contributed by atoms with Crippen molar-refractivity contribution in [2.75, 3.05) is 45.1 Å². The molecular weight excluding hydrogens is 479 g/mol. The van der Waals surface area contributed by atoms with Crippen LogP contribution in [0.15, 0.2) is 40.2 Å². The Labute approximate surface area is 179 Å². The summed E-state index contributed by atoms with van der Waals surface area (Å²) >= 11 is 0. The van der Waals surface area contributed by atoms with E-state index in [1.807, 2.05) is 6.92 Å². The highest BCUT2D eigenvalue weighted by atomic mass is 127. The molecule has 0 saturated carbocycles. The van der Waals surface area contributed by atoms with Crippen molar-refractivity contribution in [3.05, 3.63) is 30.3 Å². The van der Waals surface area contributed by atoms with E-state index in [2.05, 4.69) is 15.2 Å². The molecule has 1 atom stereocenters. The number of hydrogen-bond donors (Lipinski definition) is 2. The fraction of sp³-hybridized carbons (Fsp3) is 0.611. The number of halogens is 1. The average molecular weight is 510 g/mol. The van der Waals surface area contributed by atoms with Gasteiger partial charge in [0.2, 0.25) is 0 Å². The summed E-state index contributed by atoms with van der Waals surface area (Å²) in [5.74, 6) is 0.305. The molecule has 0 radical (unpaired) electrons. The number of benzene rings is 1. The number of nitrogens with two attached hydrogens (primary N) is 1. The van der Waals surface area contributed by atoms with Crippen molar-refractivity contribution in [3.63, 3.8) is 0 Å². The second-order valence-corrected chi connectivity index (χ2v) is 8.45. The number of ether oxygens (including phenoxy) is 1. The van der Waals surface area contributed by atoms with Crippen molar-refractivity contribution in [1.29, 1.82) is 0 Å². The topological polar surface area (TPSA) is 97.0 Å². The average Bonchev–Trinajstić information content (AvgIpc) is 2.66. The van der Waals surface area contributed by atoms with Gasteiger partial charge in [0.05, 0.1) is 23.9 Å². The Hall–Kier alpha value is -0.910. The third-order valence-corrected chi connectivity index (χ3v) is 6.22. The second kappa shape index (κ2) is 12.5. The van der Waals surface area contributed by atoms with Gasteiger partial charge >= 0.3 is 0 Å². The number of hydrogen-bond acceptors (Lipinski definition) is 5. The van der Waals surface area contributed by atoms with Gasteiger partial charge in [-0.1, -0.05) is 25.1 Å². The summed E-state index contributed by atoms with van der Waals surface area (Å²) < 4.78 is 30.3. The lowest BCUT2D eigenvalue weighted by Crippen LogP contribution is -2.43. The predicted octanol–water partition coefficient (Wildman–Crippen LogP) is 1.48. The summed E-state index contributed by atoms with van der Waals surface area (Å²) in [6.45, 7) is 7.04. The Morgan fingerprint density at radius 2 is 1.96 bits per heavy atom. The summed E-state index contributed by atoms with van der Waals surface area (Å²) in [6, 6.07) is 8.23. The van der Waals surface area contributed by atoms with Crippen molar-refractivity contribution in [2.24, 2.45) is 10.7 Å². The van der Waals surface area contributed by atoms with E-state index in [0.29, 0.717) is 23.8 Å². The predicted molar refractivity (Wildman–Crippen MR) is 119 cm³/mol. The van der Waals surface area contributed by atoms with E-state index in [0.717, 1.165) is 39.3 Å². The van der Waals surface area contributed by atoms with Crippen LogP contribution >= 0.6 is 24.0 Å². The van der Waals surface area contributed by atoms with E-state index in [-0.39, 0.29) is 35.8 Å². The van der Waals surface area contributed by atoms with Crippen LogP contribution in [0.25, 0.3) is 0 Å². The molecule has 9 heteroatoms. The summed E-state index contributed by atoms with van der Waals surface area (Å²) in [6.07, 6.45) is 1.57. The normalized spacial score (nSPS) is 17.1. The van der Waals surface area contributed by atoms with Gasteiger partial charge in [-0.15, -0.1) is 24.0 Å². The second-order valence-electron chi connectivity index (χ2n) is 6.42. The smallest absolute Gasteiger partial charge is 0.188 e. The maximum absolute atomic E-state index is 12.5. The van der Waals surface area contributed by atoms with Gasteiger partial charge in [-0.05, 0) is 25.0 Å². The molecule has 1 saturated heterocycles. The van der Waals surface area contributed by atoms with Gasteiger partial charge in [0, 0.05) is 32.2 Å². The summed E-state index contributed by atoms with van der Waals surface area (Å²) in [5, 5.41) is 3.05. The van der Waals surface area contributed by atoms with Crippen molar-refractivity contribution in [1.82, 2.24) is 10.2 Å². The molecule has 0 aliphatic carbocycles. The molecule has 7 nitrogen and oxygen atoms in total. The van der Waals surface area contributed by atoms with Gasteiger partial charge in [0.1, 0.15) is 0 Å². The van der Waals surface area contributed by atoms with Gasteiger partial charge in [0.15, 0.2) is 15.8 Å². The van der Waals surface area contributed by atoms with Crippen molar-refractivity contribution in [2.45, 2.75) is 30.7 Å². The maximum Gasteiger partial charge on any atom is 0.188 e. The first-order valence-corrected chi connectivity index (χ1v) is 10.8. The zero-order chi connectivity index (χ0) is 18.8. The van der Waals surface area contributed by atoms with Gasteiger partial charge < -0.3 is 15.8 Å². The monoisotopic (exact) mass is 510 g/mol. The number of rotatable bonds is 9. The van der Waals surface area contributed by atoms with E-state index < -0.39 is 9.84 Å². The highest BCUT2D eigenvalue weighted by Gasteiger charge is 2.20. The lowest BCUT2D eigenvalue weighted by molar-refractivity contribution is 0.0377. The molecule has 27 heavy (non-hydrogen) atoms. The van der Waals surface area contributed by atoms with Crippen LogP contribution in [0.5, 0.6) is 0 Å². The molecule has 0 aromatic heterocycles. The number of nitrogens with zero attached hydrogens (tertiary/aromatic N) is 2. The fourth-order valence-electron chi connectivity index (χ4n) is 2.82. The molecular formula is C18H31IN4O3S. The van der Waals surface area contributed by atoms with Crippen LogP contribution in [0.4, 0.5) is 0 Å². The van der Waals surface area contributed by atoms with E-state index in [1.54, 1.807) is 30.3 Å². The fourth-order valence-corrected chi connectivity index (χ4v) is 4.44. The van der Waals surface area contributed by atoms with Crippen LogP contribution in [0.2, 0.25) is 0 Å². The van der Waals surface area contributed by atoms with Gasteiger partial charge in [0.25, 0.3) is 0 Å². The van der Waals surface area contributed by atoms with Crippen molar-refractivity contribution < 1.29 is 13.2 Å². The molecule has 1 aromatic rings. The summed E-state index contributed by atoms with van der Waals surface area (Å²) in [7, 11) is -3.35. The minimum atomic E-state index is -3.35. The molecule has 1 fully saturated rings. The van der Waals surface area contributed by atoms with Crippen LogP contribution in [-0.4, -0.2) is 70.5 Å². The number of sulfone groups is 1. The first-order chi connectivity index (χ1) is 12.5. The minimum Gasteiger partial charge on any atom is -0.379 e. The molecule has 0 amide bonds. The highest BCUT2D eigenvalue weighted by molar-refractivity contribution is 14.0. The molecule has 0 bridgehead atoms. The van der Waals surface area contributed by atoms with Crippen LogP contribution in [0.1, 0.15) is 19.8 Å². The number of guanidine groups is 1. The lowest BCUT2D eigenvalue weighted by atomic mass is 10.3. The van der Waals surface area contributed by atoms with Crippen molar-refractivity contribution >= 4 is 39.8 Å². The van der Waals surface area contributed by atoms with Gasteiger partial charge in [-0.25, -0.2) is 8.42 Å². The van der Waals surface area contributed by atoms with Crippen LogP contribution in [0.3, 0.4) is 0 Å². The Morgan fingerprint density at radius 1 is 1.30 bits per heavy atom. The number of nitrogens with one attached hydrogen (secondary N) is 1. The molecule has 2 rings (SSSR count). The lowest BCUT2D eigenvalue weighted by Gasteiger charge is -2.26. The molecule has 1 unspecified atom stereocenters. The molecule has 1 aliphatic heterocycles. The molecule has 3 N–H and O–H groups in total. The Kier molecular flexibility index (Phi) is 11.2. The SMILES string of the molecule is CCC(CS(=O)(=O)c1ccccc1)NC(N)=NCCCN1CCOCC1.I. The quantitative estimate of drug-likeness (QED) is 0.226. The molecule has 0 spiro atoms. The Balaban J connectivity index is 0.00000364. The standard InChI is InChI=1S/C18H30N4O3S.HI/c1-2-16(15-26(23,24)17-7-4-3-5-8-17)21-18(19)20-9-6-10-22-11-13-25-14-12-22;/h3-5,7-8,16H,2,6,9-15H2,1H3,(H3,19,20,21);1H. The summed E-state index contributed by atoms with van der Waals surface area (Å²) in [5.41, 5.74) is 5.94. The van der Waals surface area contributed by atoms with E-state index in [9.17, 15) is 8.42 Å². The molecule has 1 heterocycles. The van der Waals surface area contributed by atoms with Gasteiger partial charge in [-0.3, -0.25) is 9.89 Å². The largest absolute Gasteiger partial charge is 0.379 e. The van der Waals surface area contributed by atoms with Crippen LogP contribution in [0, 0.1) is 0 Å². The van der Waals surface area contributed by atoms with Crippen LogP contribution in [-0.2, 0) is 14.6 Å². The zero-order valence-electron chi connectivity index (χ0n) is 15.8. The van der Waals surface area contributed by atoms with Crippen molar-refractivity contribution in [3.8, 4) is 0 Å². The van der Waals surface area contributed by atoms with Gasteiger partial charge in [-0.2, -0.15) is 0 Å². The molecule has 154 valence electrons. The number of morpholine rings is 1. The highest BCUT2D eigenvalue weighted by Crippen LogP contribution is 2.12. The summed E-state index contributed by atoms with van der Waals surface area (Å²) in [4.78, 5) is 7.02. The molecule has 1 aliphatic rings. The number of aliphatic imine (C=N–C) groups is 1. The Morgan fingerprint density at radius 3 is 2.59 bits per heavy atom. The van der Waals surface area contributed by atoms with E-state index in [4.69, 9.17) is 10.5 Å². The first-order valence-electron chi connectivity index (χ1n) is 9.15. The zero-order valence-corrected chi connectivity index (χ0v) is 19.0. The first kappa shape index (κ1) is 24.1. The Bertz CT molecular complexity index is 664. The maximum atomic E-state index is 12.5. The van der Waals surface area contributed by atoms with Crippen LogP contribution < -0.4 is 11.1 Å². The minimum absolute atomic E-state index is 0.